The summed E-state index contributed by atoms with van der Waals surface area (Å²) in [7, 11) is 0. The molecule has 3 N–H and O–H groups in total. The van der Waals surface area contributed by atoms with Crippen LogP contribution in [-0.2, 0) is 16.8 Å². The molecule has 0 aliphatic heterocycles. The number of anilines is 1. The van der Waals surface area contributed by atoms with E-state index in [1.807, 2.05) is 44.2 Å². The van der Waals surface area contributed by atoms with Crippen molar-refractivity contribution in [2.24, 2.45) is 5.92 Å². The first-order valence-corrected chi connectivity index (χ1v) is 12.3. The summed E-state index contributed by atoms with van der Waals surface area (Å²) in [6.07, 6.45) is 1.18. The van der Waals surface area contributed by atoms with Crippen molar-refractivity contribution in [1.82, 2.24) is 25.1 Å². The summed E-state index contributed by atoms with van der Waals surface area (Å²) in [5.41, 5.74) is 5.64. The van der Waals surface area contributed by atoms with Crippen molar-refractivity contribution in [3.63, 3.8) is 0 Å². The number of nitrogens with one attached hydrogen (secondary N) is 1. The van der Waals surface area contributed by atoms with Crippen molar-refractivity contribution in [3.8, 4) is 11.4 Å². The number of aromatic nitrogens is 4. The fourth-order valence-corrected chi connectivity index (χ4v) is 4.07. The zero-order valence-corrected chi connectivity index (χ0v) is 22.0. The summed E-state index contributed by atoms with van der Waals surface area (Å²) in [5, 5.41) is 10.7. The quantitative estimate of drug-likeness (QED) is 0.312. The monoisotopic (exact) mass is 532 g/mol. The number of carbonyl (C=O) groups is 2. The van der Waals surface area contributed by atoms with Crippen molar-refractivity contribution in [2.45, 2.75) is 45.7 Å². The van der Waals surface area contributed by atoms with Crippen LogP contribution in [0.3, 0.4) is 0 Å². The minimum atomic E-state index is -1.01. The molecule has 0 saturated carbocycles. The fourth-order valence-electron chi connectivity index (χ4n) is 4.07. The molecule has 0 spiro atoms. The van der Waals surface area contributed by atoms with Gasteiger partial charge >= 0.3 is 0 Å². The number of halogens is 1. The van der Waals surface area contributed by atoms with Gasteiger partial charge in [-0.15, -0.1) is 10.2 Å². The Kier molecular flexibility index (Phi) is 7.70. The number of ketones is 1. The molecular weight excluding hydrogens is 503 g/mol. The van der Waals surface area contributed by atoms with E-state index in [0.29, 0.717) is 5.56 Å². The van der Waals surface area contributed by atoms with E-state index >= 15 is 0 Å². The number of hydrogen-bond acceptors (Lipinski definition) is 8. The molecule has 11 heteroatoms. The van der Waals surface area contributed by atoms with E-state index in [0.717, 1.165) is 10.1 Å². The Hall–Kier alpha value is -4.67. The minimum absolute atomic E-state index is 0.126. The zero-order chi connectivity index (χ0) is 28.3. The molecule has 0 aliphatic carbocycles. The highest BCUT2D eigenvalue weighted by atomic mass is 19.1. The van der Waals surface area contributed by atoms with E-state index in [9.17, 15) is 18.8 Å². The molecule has 0 unspecified atom stereocenters. The smallest absolute Gasteiger partial charge is 0.286 e. The molecule has 2 aromatic heterocycles. The van der Waals surface area contributed by atoms with Crippen LogP contribution in [0.15, 0.2) is 70.0 Å². The second-order valence-corrected chi connectivity index (χ2v) is 9.99. The standard InChI is InChI=1S/C28H29FN6O4/c1-16(2)22(23(37)25-33-34-27(39-25)28(3,4)18-8-6-5-7-9-18)32-21(36)15-35-24(31-14-20(30)26(35)38)17-10-12-19(29)13-11-17/h5-14,16,22H,15,30H2,1-4H3,(H,32,36)/t22-/m0/s1. The molecule has 0 radical (unpaired) electrons. The van der Waals surface area contributed by atoms with Crippen molar-refractivity contribution >= 4 is 17.4 Å². The predicted molar refractivity (Wildman–Crippen MR) is 142 cm³/mol. The van der Waals surface area contributed by atoms with Crippen LogP contribution in [0, 0.1) is 11.7 Å². The highest BCUT2D eigenvalue weighted by Gasteiger charge is 2.34. The molecule has 2 heterocycles. The Labute approximate surface area is 224 Å². The van der Waals surface area contributed by atoms with Gasteiger partial charge in [-0.1, -0.05) is 44.2 Å². The topological polar surface area (TPSA) is 146 Å². The predicted octanol–water partition coefficient (Wildman–Crippen LogP) is 3.36. The van der Waals surface area contributed by atoms with Crippen LogP contribution in [0.25, 0.3) is 11.4 Å². The van der Waals surface area contributed by atoms with E-state index in [-0.39, 0.29) is 29.2 Å². The highest BCUT2D eigenvalue weighted by molar-refractivity contribution is 5.98. The molecule has 4 aromatic rings. The van der Waals surface area contributed by atoms with Gasteiger partial charge in [0.2, 0.25) is 17.6 Å². The number of hydrogen-bond donors (Lipinski definition) is 2. The third-order valence-electron chi connectivity index (χ3n) is 6.41. The number of carbonyl (C=O) groups excluding carboxylic acids is 2. The maximum Gasteiger partial charge on any atom is 0.286 e. The molecule has 39 heavy (non-hydrogen) atoms. The lowest BCUT2D eigenvalue weighted by molar-refractivity contribution is -0.122. The normalized spacial score (nSPS) is 12.4. The Morgan fingerprint density at radius 3 is 2.38 bits per heavy atom. The third-order valence-corrected chi connectivity index (χ3v) is 6.41. The zero-order valence-electron chi connectivity index (χ0n) is 22.0. The lowest BCUT2D eigenvalue weighted by atomic mass is 9.85. The number of amides is 1. The first kappa shape index (κ1) is 27.4. The molecule has 4 rings (SSSR count). The number of Topliss-reactive ketones (excluding diaryl/α,β-unsaturated/α-hetero) is 1. The molecular formula is C28H29FN6O4. The molecule has 2 aromatic carbocycles. The largest absolute Gasteiger partial charge is 0.417 e. The summed E-state index contributed by atoms with van der Waals surface area (Å²) in [6.45, 7) is 6.85. The van der Waals surface area contributed by atoms with E-state index in [2.05, 4.69) is 20.5 Å². The Balaban J connectivity index is 1.57. The van der Waals surface area contributed by atoms with Gasteiger partial charge in [-0.3, -0.25) is 19.0 Å². The second kappa shape index (κ2) is 11.0. The van der Waals surface area contributed by atoms with Gasteiger partial charge in [0.15, 0.2) is 0 Å². The maximum absolute atomic E-state index is 13.4. The average Bonchev–Trinajstić information content (AvgIpc) is 3.42. The number of nitrogen functional groups attached to an aromatic ring is 1. The molecule has 1 amide bonds. The van der Waals surface area contributed by atoms with Gasteiger partial charge in [-0.25, -0.2) is 9.37 Å². The first-order chi connectivity index (χ1) is 18.5. The van der Waals surface area contributed by atoms with Crippen molar-refractivity contribution < 1.29 is 18.4 Å². The second-order valence-electron chi connectivity index (χ2n) is 9.99. The van der Waals surface area contributed by atoms with E-state index in [1.54, 1.807) is 13.8 Å². The lowest BCUT2D eigenvalue weighted by Gasteiger charge is -2.21. The fraction of sp³-hybridized carbons (Fsp3) is 0.286. The van der Waals surface area contributed by atoms with Gasteiger partial charge in [-0.2, -0.15) is 0 Å². The number of benzene rings is 2. The summed E-state index contributed by atoms with van der Waals surface area (Å²) >= 11 is 0. The Bertz CT molecular complexity index is 1540. The summed E-state index contributed by atoms with van der Waals surface area (Å²) in [5.74, 6) is -1.85. The van der Waals surface area contributed by atoms with E-state index in [1.165, 1.54) is 30.5 Å². The van der Waals surface area contributed by atoms with Crippen LogP contribution < -0.4 is 16.6 Å². The van der Waals surface area contributed by atoms with Crippen LogP contribution in [0.2, 0.25) is 0 Å². The van der Waals surface area contributed by atoms with Crippen LogP contribution in [0.1, 0.15) is 49.8 Å². The van der Waals surface area contributed by atoms with Gasteiger partial charge in [0, 0.05) is 5.56 Å². The Morgan fingerprint density at radius 2 is 1.74 bits per heavy atom. The lowest BCUT2D eigenvalue weighted by Crippen LogP contribution is -2.46. The number of nitrogens with two attached hydrogens (primary N) is 1. The molecule has 202 valence electrons. The van der Waals surface area contributed by atoms with Gasteiger partial charge in [-0.05, 0) is 49.6 Å². The Morgan fingerprint density at radius 1 is 1.08 bits per heavy atom. The van der Waals surface area contributed by atoms with E-state index in [4.69, 9.17) is 10.2 Å². The SMILES string of the molecule is CC(C)[C@H](NC(=O)Cn1c(-c2ccc(F)cc2)ncc(N)c1=O)C(=O)c1nnc(C(C)(C)c2ccccc2)o1. The molecule has 0 aliphatic rings. The molecule has 1 atom stereocenters. The van der Waals surface area contributed by atoms with Crippen LogP contribution >= 0.6 is 0 Å². The molecule has 10 nitrogen and oxygen atoms in total. The molecule has 0 bridgehead atoms. The van der Waals surface area contributed by atoms with Gasteiger partial charge < -0.3 is 15.5 Å². The molecule has 0 saturated heterocycles. The van der Waals surface area contributed by atoms with Crippen molar-refractivity contribution in [3.05, 3.63) is 94.3 Å². The first-order valence-electron chi connectivity index (χ1n) is 12.3. The molecule has 0 fully saturated rings. The number of nitrogens with zero attached hydrogens (tertiary/aromatic N) is 4. The van der Waals surface area contributed by atoms with Crippen molar-refractivity contribution in [2.75, 3.05) is 5.73 Å². The average molecular weight is 533 g/mol. The number of rotatable bonds is 9. The minimum Gasteiger partial charge on any atom is -0.417 e. The van der Waals surface area contributed by atoms with Gasteiger partial charge in [0.05, 0.1) is 17.7 Å². The van der Waals surface area contributed by atoms with E-state index < -0.39 is 41.1 Å². The van der Waals surface area contributed by atoms with Crippen LogP contribution in [-0.4, -0.2) is 37.5 Å². The third kappa shape index (κ3) is 5.77. The van der Waals surface area contributed by atoms with Crippen molar-refractivity contribution in [1.29, 1.82) is 0 Å². The highest BCUT2D eigenvalue weighted by Crippen LogP contribution is 2.30. The van der Waals surface area contributed by atoms with Gasteiger partial charge in [0.1, 0.15) is 23.9 Å². The summed E-state index contributed by atoms with van der Waals surface area (Å²) < 4.78 is 20.3. The summed E-state index contributed by atoms with van der Waals surface area (Å²) in [6, 6.07) is 13.8. The summed E-state index contributed by atoms with van der Waals surface area (Å²) in [4.78, 5) is 43.4. The van der Waals surface area contributed by atoms with Crippen LogP contribution in [0.5, 0.6) is 0 Å². The van der Waals surface area contributed by atoms with Gasteiger partial charge in [0.25, 0.3) is 11.4 Å². The maximum atomic E-state index is 13.4. The van der Waals surface area contributed by atoms with Crippen LogP contribution in [0.4, 0.5) is 10.1 Å².